The Bertz CT molecular complexity index is 544. The maximum atomic E-state index is 12.5. The van der Waals surface area contributed by atoms with Gasteiger partial charge in [-0.25, -0.2) is 8.42 Å². The van der Waals surface area contributed by atoms with Gasteiger partial charge in [-0.3, -0.25) is 0 Å². The highest BCUT2D eigenvalue weighted by Crippen LogP contribution is 2.32. The third-order valence-corrected chi connectivity index (χ3v) is 5.51. The summed E-state index contributed by atoms with van der Waals surface area (Å²) in [5, 5.41) is 0. The van der Waals surface area contributed by atoms with Crippen LogP contribution in [0.3, 0.4) is 0 Å². The topological polar surface area (TPSA) is 46.6 Å². The van der Waals surface area contributed by atoms with E-state index in [2.05, 4.69) is 22.9 Å². The summed E-state index contributed by atoms with van der Waals surface area (Å²) in [7, 11) is -1.98. The zero-order valence-corrected chi connectivity index (χ0v) is 12.8. The smallest absolute Gasteiger partial charge is 0.246 e. The predicted octanol–water partition coefficient (Wildman–Crippen LogP) is 2.49. The first-order chi connectivity index (χ1) is 8.45. The summed E-state index contributed by atoms with van der Waals surface area (Å²) in [4.78, 5) is 0.230. The Balaban J connectivity index is 2.43. The number of nitrogens with zero attached hydrogens (tertiary/aromatic N) is 1. The molecule has 1 heterocycles. The molecular formula is C12H16BrNO3S. The van der Waals surface area contributed by atoms with Crippen molar-refractivity contribution in [1.82, 2.24) is 4.31 Å². The molecule has 1 aromatic carbocycles. The van der Waals surface area contributed by atoms with Crippen LogP contribution < -0.4 is 4.74 Å². The average molecular weight is 334 g/mol. The highest BCUT2D eigenvalue weighted by molar-refractivity contribution is 9.10. The summed E-state index contributed by atoms with van der Waals surface area (Å²) in [5.41, 5.74) is 0. The van der Waals surface area contributed by atoms with Crippen molar-refractivity contribution in [2.24, 2.45) is 5.92 Å². The minimum atomic E-state index is -3.46. The molecule has 0 bridgehead atoms. The summed E-state index contributed by atoms with van der Waals surface area (Å²) in [6.07, 6.45) is 0.912. The van der Waals surface area contributed by atoms with Crippen LogP contribution in [0, 0.1) is 5.92 Å². The number of benzene rings is 1. The molecule has 1 aliphatic rings. The molecule has 0 saturated carbocycles. The molecule has 1 atom stereocenters. The molecule has 1 aromatic rings. The van der Waals surface area contributed by atoms with Gasteiger partial charge in [-0.1, -0.05) is 22.9 Å². The van der Waals surface area contributed by atoms with Crippen LogP contribution in [-0.4, -0.2) is 32.9 Å². The predicted molar refractivity (Wildman–Crippen MR) is 73.2 cm³/mol. The highest BCUT2D eigenvalue weighted by Gasteiger charge is 2.32. The Morgan fingerprint density at radius 1 is 1.44 bits per heavy atom. The van der Waals surface area contributed by atoms with Crippen molar-refractivity contribution >= 4 is 26.0 Å². The molecule has 1 fully saturated rings. The second-order valence-electron chi connectivity index (χ2n) is 4.55. The van der Waals surface area contributed by atoms with Gasteiger partial charge in [-0.15, -0.1) is 0 Å². The van der Waals surface area contributed by atoms with Gasteiger partial charge < -0.3 is 4.74 Å². The summed E-state index contributed by atoms with van der Waals surface area (Å²) < 4.78 is 32.5. The fourth-order valence-corrected chi connectivity index (χ4v) is 4.37. The number of halogens is 1. The first-order valence-electron chi connectivity index (χ1n) is 5.79. The van der Waals surface area contributed by atoms with Gasteiger partial charge in [0.15, 0.2) is 0 Å². The molecule has 1 aliphatic heterocycles. The van der Waals surface area contributed by atoms with Gasteiger partial charge in [0.2, 0.25) is 10.0 Å². The monoisotopic (exact) mass is 333 g/mol. The molecular weight excluding hydrogens is 318 g/mol. The first-order valence-corrected chi connectivity index (χ1v) is 8.02. The molecule has 0 amide bonds. The lowest BCUT2D eigenvalue weighted by atomic mass is 10.2. The Labute approximate surface area is 116 Å². The Morgan fingerprint density at radius 2 is 2.17 bits per heavy atom. The van der Waals surface area contributed by atoms with Crippen LogP contribution in [0.15, 0.2) is 27.6 Å². The second-order valence-corrected chi connectivity index (χ2v) is 7.37. The van der Waals surface area contributed by atoms with Crippen LogP contribution in [0.25, 0.3) is 0 Å². The summed E-state index contributed by atoms with van der Waals surface area (Å²) in [5.74, 6) is 0.802. The maximum absolute atomic E-state index is 12.5. The molecule has 0 aromatic heterocycles. The summed E-state index contributed by atoms with van der Waals surface area (Å²) in [6.45, 7) is 3.23. The molecule has 0 aliphatic carbocycles. The lowest BCUT2D eigenvalue weighted by Gasteiger charge is -2.18. The molecule has 100 valence electrons. The third kappa shape index (κ3) is 2.55. The normalized spacial score (nSPS) is 21.2. The van der Waals surface area contributed by atoms with Crippen LogP contribution >= 0.6 is 15.9 Å². The molecule has 4 nitrogen and oxygen atoms in total. The molecule has 18 heavy (non-hydrogen) atoms. The largest absolute Gasteiger partial charge is 0.495 e. The highest BCUT2D eigenvalue weighted by atomic mass is 79.9. The number of rotatable bonds is 3. The zero-order chi connectivity index (χ0) is 13.3. The van der Waals surface area contributed by atoms with Crippen LogP contribution in [0.4, 0.5) is 0 Å². The lowest BCUT2D eigenvalue weighted by Crippen LogP contribution is -2.29. The number of hydrogen-bond acceptors (Lipinski definition) is 3. The van der Waals surface area contributed by atoms with Crippen molar-refractivity contribution in [3.63, 3.8) is 0 Å². The lowest BCUT2D eigenvalue weighted by molar-refractivity contribution is 0.397. The van der Waals surface area contributed by atoms with Gasteiger partial charge >= 0.3 is 0 Å². The molecule has 1 unspecified atom stereocenters. The minimum absolute atomic E-state index is 0.230. The number of hydrogen-bond donors (Lipinski definition) is 0. The number of methoxy groups -OCH3 is 1. The van der Waals surface area contributed by atoms with E-state index in [0.717, 1.165) is 10.9 Å². The standard InChI is InChI=1S/C12H16BrNO3S/c1-9-5-6-14(8-9)18(15,16)12-7-10(13)3-4-11(12)17-2/h3-4,7,9H,5-6,8H2,1-2H3. The van der Waals surface area contributed by atoms with Crippen molar-refractivity contribution < 1.29 is 13.2 Å². The zero-order valence-electron chi connectivity index (χ0n) is 10.4. The van der Waals surface area contributed by atoms with Gasteiger partial charge in [-0.05, 0) is 30.5 Å². The van der Waals surface area contributed by atoms with E-state index in [-0.39, 0.29) is 4.90 Å². The van der Waals surface area contributed by atoms with Gasteiger partial charge in [0, 0.05) is 17.6 Å². The van der Waals surface area contributed by atoms with Crippen molar-refractivity contribution in [2.75, 3.05) is 20.2 Å². The van der Waals surface area contributed by atoms with E-state index in [9.17, 15) is 8.42 Å². The number of sulfonamides is 1. The molecule has 0 radical (unpaired) electrons. The van der Waals surface area contributed by atoms with Crippen molar-refractivity contribution in [1.29, 1.82) is 0 Å². The van der Waals surface area contributed by atoms with Crippen molar-refractivity contribution in [3.8, 4) is 5.75 Å². The molecule has 6 heteroatoms. The first kappa shape index (κ1) is 13.8. The van der Waals surface area contributed by atoms with Crippen LogP contribution in [-0.2, 0) is 10.0 Å². The van der Waals surface area contributed by atoms with Crippen molar-refractivity contribution in [3.05, 3.63) is 22.7 Å². The van der Waals surface area contributed by atoms with Gasteiger partial charge in [-0.2, -0.15) is 4.31 Å². The van der Waals surface area contributed by atoms with E-state index in [1.54, 1.807) is 18.2 Å². The SMILES string of the molecule is COc1ccc(Br)cc1S(=O)(=O)N1CCC(C)C1. The quantitative estimate of drug-likeness (QED) is 0.853. The molecule has 1 saturated heterocycles. The van der Waals surface area contributed by atoms with E-state index < -0.39 is 10.0 Å². The Hall–Kier alpha value is -0.590. The van der Waals surface area contributed by atoms with Gasteiger partial charge in [0.25, 0.3) is 0 Å². The van der Waals surface area contributed by atoms with E-state index in [1.165, 1.54) is 11.4 Å². The molecule has 0 spiro atoms. The Kier molecular flexibility index (Phi) is 3.99. The van der Waals surface area contributed by atoms with E-state index in [4.69, 9.17) is 4.74 Å². The maximum Gasteiger partial charge on any atom is 0.246 e. The third-order valence-electron chi connectivity index (χ3n) is 3.13. The average Bonchev–Trinajstić information content (AvgIpc) is 2.76. The van der Waals surface area contributed by atoms with Crippen LogP contribution in [0.1, 0.15) is 13.3 Å². The summed E-state index contributed by atoms with van der Waals surface area (Å²) in [6, 6.07) is 5.03. The molecule has 0 N–H and O–H groups in total. The van der Waals surface area contributed by atoms with Gasteiger partial charge in [0.05, 0.1) is 7.11 Å². The fraction of sp³-hybridized carbons (Fsp3) is 0.500. The van der Waals surface area contributed by atoms with Crippen molar-refractivity contribution in [2.45, 2.75) is 18.2 Å². The van der Waals surface area contributed by atoms with E-state index in [0.29, 0.717) is 24.8 Å². The van der Waals surface area contributed by atoms with Gasteiger partial charge in [0.1, 0.15) is 10.6 Å². The van der Waals surface area contributed by atoms with E-state index >= 15 is 0 Å². The van der Waals surface area contributed by atoms with Crippen LogP contribution in [0.5, 0.6) is 5.75 Å². The number of ether oxygens (including phenoxy) is 1. The fourth-order valence-electron chi connectivity index (χ4n) is 2.10. The summed E-state index contributed by atoms with van der Waals surface area (Å²) >= 11 is 3.30. The minimum Gasteiger partial charge on any atom is -0.495 e. The second kappa shape index (κ2) is 5.19. The van der Waals surface area contributed by atoms with Crippen LogP contribution in [0.2, 0.25) is 0 Å². The molecule has 2 rings (SSSR count). The van der Waals surface area contributed by atoms with E-state index in [1.807, 2.05) is 0 Å². The Morgan fingerprint density at radius 3 is 2.72 bits per heavy atom.